The molecule has 3 rings (SSSR count). The fourth-order valence-corrected chi connectivity index (χ4v) is 2.17. The lowest BCUT2D eigenvalue weighted by atomic mass is 10.0. The van der Waals surface area contributed by atoms with Gasteiger partial charge in [-0.15, -0.1) is 0 Å². The molecule has 2 aromatic rings. The lowest BCUT2D eigenvalue weighted by Crippen LogP contribution is -1.98. The Kier molecular flexibility index (Phi) is 2.79. The molecule has 6 heteroatoms. The predicted octanol–water partition coefficient (Wildman–Crippen LogP) is 1.54. The van der Waals surface area contributed by atoms with Crippen LogP contribution in [0.1, 0.15) is 5.56 Å². The lowest BCUT2D eigenvalue weighted by Gasteiger charge is -2.09. The largest absolute Gasteiger partial charge is 0.454 e. The predicted molar refractivity (Wildman–Crippen MR) is 69.9 cm³/mol. The van der Waals surface area contributed by atoms with Gasteiger partial charge in [-0.25, -0.2) is 0 Å². The average Bonchev–Trinajstić information content (AvgIpc) is 2.97. The minimum atomic E-state index is 0.223. The molecule has 1 aliphatic heterocycles. The maximum atomic E-state index is 5.84. The number of methoxy groups -OCH3 is 1. The Morgan fingerprint density at radius 3 is 2.95 bits per heavy atom. The molecule has 0 fully saturated rings. The molecule has 1 aromatic carbocycles. The summed E-state index contributed by atoms with van der Waals surface area (Å²) in [6.07, 6.45) is 0. The number of fused-ring (bicyclic) bond motifs is 1. The maximum absolute atomic E-state index is 5.84. The van der Waals surface area contributed by atoms with Gasteiger partial charge in [0, 0.05) is 20.2 Å². The Labute approximate surface area is 110 Å². The van der Waals surface area contributed by atoms with Gasteiger partial charge >= 0.3 is 0 Å². The first-order valence-corrected chi connectivity index (χ1v) is 5.91. The van der Waals surface area contributed by atoms with E-state index in [0.29, 0.717) is 18.2 Å². The van der Waals surface area contributed by atoms with Crippen molar-refractivity contribution < 1.29 is 14.2 Å². The summed E-state index contributed by atoms with van der Waals surface area (Å²) in [5, 5.41) is 4.40. The zero-order chi connectivity index (χ0) is 13.4. The summed E-state index contributed by atoms with van der Waals surface area (Å²) in [7, 11) is 3.45. The van der Waals surface area contributed by atoms with Crippen LogP contribution in [0, 0.1) is 0 Å². The molecule has 0 radical (unpaired) electrons. The minimum absolute atomic E-state index is 0.223. The smallest absolute Gasteiger partial charge is 0.231 e. The van der Waals surface area contributed by atoms with E-state index in [4.69, 9.17) is 19.9 Å². The van der Waals surface area contributed by atoms with Crippen LogP contribution < -0.4 is 15.2 Å². The standard InChI is InChI=1S/C13H15N3O3/c1-16-11(14)5-9(15-16)12-8(6-17-2)3-4-10-13(12)19-7-18-10/h3-5H,6-7,14H2,1-2H3. The summed E-state index contributed by atoms with van der Waals surface area (Å²) in [6.45, 7) is 0.698. The van der Waals surface area contributed by atoms with Crippen LogP contribution in [-0.2, 0) is 18.4 Å². The van der Waals surface area contributed by atoms with E-state index in [1.54, 1.807) is 18.8 Å². The molecule has 2 N–H and O–H groups in total. The van der Waals surface area contributed by atoms with Gasteiger partial charge in [0.25, 0.3) is 0 Å². The highest BCUT2D eigenvalue weighted by atomic mass is 16.7. The van der Waals surface area contributed by atoms with Crippen molar-refractivity contribution in [3.05, 3.63) is 23.8 Å². The first-order valence-electron chi connectivity index (χ1n) is 5.91. The Hall–Kier alpha value is -2.21. The molecule has 0 unspecified atom stereocenters. The zero-order valence-corrected chi connectivity index (χ0v) is 10.8. The molecule has 6 nitrogen and oxygen atoms in total. The van der Waals surface area contributed by atoms with Crippen molar-refractivity contribution in [2.24, 2.45) is 7.05 Å². The van der Waals surface area contributed by atoms with Gasteiger partial charge in [0.05, 0.1) is 17.9 Å². The number of aromatic nitrogens is 2. The van der Waals surface area contributed by atoms with Crippen LogP contribution in [0.3, 0.4) is 0 Å². The molecule has 19 heavy (non-hydrogen) atoms. The molecule has 0 aliphatic carbocycles. The molecule has 0 amide bonds. The van der Waals surface area contributed by atoms with E-state index >= 15 is 0 Å². The molecule has 0 saturated heterocycles. The lowest BCUT2D eigenvalue weighted by molar-refractivity contribution is 0.173. The number of benzene rings is 1. The van der Waals surface area contributed by atoms with E-state index < -0.39 is 0 Å². The number of hydrogen-bond acceptors (Lipinski definition) is 5. The van der Waals surface area contributed by atoms with Gasteiger partial charge < -0.3 is 19.9 Å². The van der Waals surface area contributed by atoms with Crippen molar-refractivity contribution in [1.82, 2.24) is 9.78 Å². The maximum Gasteiger partial charge on any atom is 0.231 e. The number of nitrogens with two attached hydrogens (primary N) is 1. The van der Waals surface area contributed by atoms with Crippen molar-refractivity contribution in [2.45, 2.75) is 6.61 Å². The van der Waals surface area contributed by atoms with Gasteiger partial charge in [0.1, 0.15) is 5.82 Å². The Balaban J connectivity index is 2.19. The molecule has 1 aliphatic rings. The fourth-order valence-electron chi connectivity index (χ4n) is 2.17. The van der Waals surface area contributed by atoms with Crippen LogP contribution in [0.25, 0.3) is 11.3 Å². The van der Waals surface area contributed by atoms with Gasteiger partial charge in [-0.3, -0.25) is 4.68 Å². The average molecular weight is 261 g/mol. The van der Waals surface area contributed by atoms with Crippen LogP contribution in [-0.4, -0.2) is 23.7 Å². The van der Waals surface area contributed by atoms with Crippen molar-refractivity contribution in [3.63, 3.8) is 0 Å². The zero-order valence-electron chi connectivity index (χ0n) is 10.8. The van der Waals surface area contributed by atoms with E-state index in [1.165, 1.54) is 0 Å². The van der Waals surface area contributed by atoms with Crippen LogP contribution in [0.5, 0.6) is 11.5 Å². The van der Waals surface area contributed by atoms with E-state index in [0.717, 1.165) is 22.6 Å². The van der Waals surface area contributed by atoms with Gasteiger partial charge in [-0.2, -0.15) is 5.10 Å². The highest BCUT2D eigenvalue weighted by molar-refractivity contribution is 5.76. The fraction of sp³-hybridized carbons (Fsp3) is 0.308. The van der Waals surface area contributed by atoms with E-state index in [-0.39, 0.29) is 6.79 Å². The summed E-state index contributed by atoms with van der Waals surface area (Å²) in [4.78, 5) is 0. The Morgan fingerprint density at radius 1 is 1.42 bits per heavy atom. The first-order chi connectivity index (χ1) is 9.20. The number of ether oxygens (including phenoxy) is 3. The van der Waals surface area contributed by atoms with Crippen molar-refractivity contribution in [1.29, 1.82) is 0 Å². The van der Waals surface area contributed by atoms with Crippen LogP contribution >= 0.6 is 0 Å². The van der Waals surface area contributed by atoms with E-state index in [1.807, 2.05) is 18.2 Å². The van der Waals surface area contributed by atoms with E-state index in [2.05, 4.69) is 5.10 Å². The van der Waals surface area contributed by atoms with Gasteiger partial charge in [0.15, 0.2) is 11.5 Å². The normalized spacial score (nSPS) is 12.9. The third-order valence-corrected chi connectivity index (χ3v) is 3.10. The number of nitrogens with zero attached hydrogens (tertiary/aromatic N) is 2. The van der Waals surface area contributed by atoms with Crippen LogP contribution in [0.2, 0.25) is 0 Å². The Bertz CT molecular complexity index is 602. The molecule has 100 valence electrons. The van der Waals surface area contributed by atoms with Crippen molar-refractivity contribution >= 4 is 5.82 Å². The molecule has 0 spiro atoms. The van der Waals surface area contributed by atoms with Crippen LogP contribution in [0.15, 0.2) is 18.2 Å². The third-order valence-electron chi connectivity index (χ3n) is 3.10. The molecule has 0 atom stereocenters. The highest BCUT2D eigenvalue weighted by Crippen LogP contribution is 2.43. The van der Waals surface area contributed by atoms with Gasteiger partial charge in [-0.1, -0.05) is 6.07 Å². The number of nitrogen functional groups attached to an aromatic ring is 1. The van der Waals surface area contributed by atoms with Gasteiger partial charge in [0.2, 0.25) is 6.79 Å². The summed E-state index contributed by atoms with van der Waals surface area (Å²) in [6, 6.07) is 5.65. The molecule has 0 saturated carbocycles. The molecule has 1 aromatic heterocycles. The number of anilines is 1. The monoisotopic (exact) mass is 261 g/mol. The molecule has 0 bridgehead atoms. The van der Waals surface area contributed by atoms with E-state index in [9.17, 15) is 0 Å². The van der Waals surface area contributed by atoms with Crippen LogP contribution in [0.4, 0.5) is 5.82 Å². The second-order valence-corrected chi connectivity index (χ2v) is 4.34. The number of aryl methyl sites for hydroxylation is 1. The van der Waals surface area contributed by atoms with Gasteiger partial charge in [-0.05, 0) is 11.6 Å². The molecular formula is C13H15N3O3. The first kappa shape index (κ1) is 11.9. The van der Waals surface area contributed by atoms with Crippen molar-refractivity contribution in [3.8, 4) is 22.8 Å². The second kappa shape index (κ2) is 4.47. The third kappa shape index (κ3) is 1.90. The summed E-state index contributed by atoms with van der Waals surface area (Å²) in [5.74, 6) is 2.02. The SMILES string of the molecule is COCc1ccc2c(c1-c1cc(N)n(C)n1)OCO2. The summed E-state index contributed by atoms with van der Waals surface area (Å²) >= 11 is 0. The second-order valence-electron chi connectivity index (χ2n) is 4.34. The highest BCUT2D eigenvalue weighted by Gasteiger charge is 2.23. The summed E-state index contributed by atoms with van der Waals surface area (Å²) < 4.78 is 17.8. The molecule has 2 heterocycles. The summed E-state index contributed by atoms with van der Waals surface area (Å²) in [5.41, 5.74) is 8.47. The van der Waals surface area contributed by atoms with Crippen molar-refractivity contribution in [2.75, 3.05) is 19.6 Å². The quantitative estimate of drug-likeness (QED) is 0.907. The Morgan fingerprint density at radius 2 is 2.26 bits per heavy atom. The topological polar surface area (TPSA) is 71.5 Å². The minimum Gasteiger partial charge on any atom is -0.454 e. The number of hydrogen-bond donors (Lipinski definition) is 1. The molecular weight excluding hydrogens is 246 g/mol. The number of rotatable bonds is 3.